The minimum Gasteiger partial charge on any atom is -0.311 e. The van der Waals surface area contributed by atoms with Crippen LogP contribution in [0, 0.1) is 0 Å². The molecule has 0 N–H and O–H groups in total. The highest BCUT2D eigenvalue weighted by Gasteiger charge is 2.44. The van der Waals surface area contributed by atoms with Crippen LogP contribution in [-0.4, -0.2) is 40.9 Å². The fraction of sp³-hybridized carbons (Fsp3) is 0.556. The first kappa shape index (κ1) is 8.29. The van der Waals surface area contributed by atoms with E-state index in [0.29, 0.717) is 6.54 Å². The van der Waals surface area contributed by atoms with Crippen molar-refractivity contribution in [3.63, 3.8) is 0 Å². The van der Waals surface area contributed by atoms with Crippen molar-refractivity contribution in [2.24, 2.45) is 0 Å². The lowest BCUT2D eigenvalue weighted by molar-refractivity contribution is -0.125. The maximum absolute atomic E-state index is 11.6. The highest BCUT2D eigenvalue weighted by Crippen LogP contribution is 2.30. The average Bonchev–Trinajstić information content (AvgIpc) is 2.84. The zero-order valence-electron chi connectivity index (χ0n) is 7.40. The molecule has 4 nitrogen and oxygen atoms in total. The van der Waals surface area contributed by atoms with Crippen LogP contribution in [0.2, 0.25) is 0 Å². The van der Waals surface area contributed by atoms with Crippen molar-refractivity contribution in [1.82, 2.24) is 9.80 Å². The van der Waals surface area contributed by atoms with Gasteiger partial charge >= 0.3 is 6.03 Å². The molecule has 0 aromatic carbocycles. The Labute approximate surface area is 76.8 Å². The van der Waals surface area contributed by atoms with E-state index in [4.69, 9.17) is 0 Å². The fourth-order valence-corrected chi connectivity index (χ4v) is 1.56. The second kappa shape index (κ2) is 2.87. The minimum absolute atomic E-state index is 0.0608. The average molecular weight is 180 g/mol. The lowest BCUT2D eigenvalue weighted by Gasteiger charge is -2.14. The molecule has 0 aromatic rings. The molecule has 0 atom stereocenters. The van der Waals surface area contributed by atoms with Gasteiger partial charge in [-0.1, -0.05) is 6.08 Å². The van der Waals surface area contributed by atoms with Crippen LogP contribution in [0.4, 0.5) is 4.79 Å². The molecule has 0 bridgehead atoms. The Bertz CT molecular complexity index is 271. The van der Waals surface area contributed by atoms with E-state index in [-0.39, 0.29) is 24.5 Å². The van der Waals surface area contributed by atoms with Crippen molar-refractivity contribution in [2.45, 2.75) is 18.9 Å². The normalized spacial score (nSPS) is 22.8. The summed E-state index contributed by atoms with van der Waals surface area (Å²) in [6, 6.07) is 0.0437. The predicted molar refractivity (Wildman–Crippen MR) is 47.0 cm³/mol. The molecule has 1 heterocycles. The molecule has 1 aliphatic carbocycles. The molecular formula is C9H12N2O2. The summed E-state index contributed by atoms with van der Waals surface area (Å²) in [6.45, 7) is 4.24. The molecule has 1 aliphatic heterocycles. The molecular weight excluding hydrogens is 168 g/mol. The van der Waals surface area contributed by atoms with Crippen molar-refractivity contribution in [3.8, 4) is 0 Å². The third-order valence-electron chi connectivity index (χ3n) is 2.33. The first-order chi connectivity index (χ1) is 6.24. The molecule has 13 heavy (non-hydrogen) atoms. The van der Waals surface area contributed by atoms with Crippen molar-refractivity contribution >= 4 is 11.9 Å². The summed E-state index contributed by atoms with van der Waals surface area (Å²) in [5.41, 5.74) is 0. The third-order valence-corrected chi connectivity index (χ3v) is 2.33. The van der Waals surface area contributed by atoms with Crippen molar-refractivity contribution < 1.29 is 9.59 Å². The number of hydrogen-bond donors (Lipinski definition) is 0. The molecule has 3 amide bonds. The molecule has 1 saturated carbocycles. The molecule has 2 aliphatic rings. The highest BCUT2D eigenvalue weighted by atomic mass is 16.2. The number of carbonyl (C=O) groups excluding carboxylic acids is 2. The van der Waals surface area contributed by atoms with Crippen molar-refractivity contribution in [2.75, 3.05) is 13.1 Å². The maximum atomic E-state index is 11.6. The number of rotatable bonds is 3. The molecule has 2 rings (SSSR count). The second-order valence-corrected chi connectivity index (χ2v) is 3.45. The van der Waals surface area contributed by atoms with E-state index in [1.165, 1.54) is 9.80 Å². The Morgan fingerprint density at radius 3 is 2.69 bits per heavy atom. The number of urea groups is 1. The zero-order valence-corrected chi connectivity index (χ0v) is 7.40. The van der Waals surface area contributed by atoms with Gasteiger partial charge in [0, 0.05) is 12.6 Å². The quantitative estimate of drug-likeness (QED) is 0.471. The molecule has 4 heteroatoms. The first-order valence-corrected chi connectivity index (χ1v) is 4.46. The summed E-state index contributed by atoms with van der Waals surface area (Å²) < 4.78 is 0. The monoisotopic (exact) mass is 180 g/mol. The summed E-state index contributed by atoms with van der Waals surface area (Å²) in [5.74, 6) is -0.0608. The van der Waals surface area contributed by atoms with E-state index in [1.54, 1.807) is 6.08 Å². The van der Waals surface area contributed by atoms with E-state index in [2.05, 4.69) is 6.58 Å². The Kier molecular flexibility index (Phi) is 1.83. The topological polar surface area (TPSA) is 40.6 Å². The minimum atomic E-state index is -0.146. The SMILES string of the molecule is C=CCN1CC(=O)N(C2CC2)C1=O. The third kappa shape index (κ3) is 1.32. The summed E-state index contributed by atoms with van der Waals surface area (Å²) in [6.07, 6.45) is 3.58. The smallest absolute Gasteiger partial charge is 0.311 e. The van der Waals surface area contributed by atoms with Crippen LogP contribution in [0.25, 0.3) is 0 Å². The highest BCUT2D eigenvalue weighted by molar-refractivity contribution is 6.02. The van der Waals surface area contributed by atoms with E-state index in [9.17, 15) is 9.59 Å². The van der Waals surface area contributed by atoms with E-state index in [1.807, 2.05) is 0 Å². The largest absolute Gasteiger partial charge is 0.327 e. The second-order valence-electron chi connectivity index (χ2n) is 3.45. The number of nitrogens with zero attached hydrogens (tertiary/aromatic N) is 2. The van der Waals surface area contributed by atoms with Crippen LogP contribution in [-0.2, 0) is 4.79 Å². The number of hydrogen-bond acceptors (Lipinski definition) is 2. The first-order valence-electron chi connectivity index (χ1n) is 4.46. The lowest BCUT2D eigenvalue weighted by atomic mass is 10.5. The Morgan fingerprint density at radius 2 is 2.15 bits per heavy atom. The molecule has 0 spiro atoms. The number of amides is 3. The molecule has 2 fully saturated rings. The summed E-state index contributed by atoms with van der Waals surface area (Å²) in [4.78, 5) is 25.9. The van der Waals surface area contributed by atoms with Crippen molar-refractivity contribution in [3.05, 3.63) is 12.7 Å². The Hall–Kier alpha value is -1.32. The molecule has 1 saturated heterocycles. The van der Waals surface area contributed by atoms with Gasteiger partial charge in [0.15, 0.2) is 0 Å². The maximum Gasteiger partial charge on any atom is 0.327 e. The molecule has 70 valence electrons. The Morgan fingerprint density at radius 1 is 1.46 bits per heavy atom. The summed E-state index contributed by atoms with van der Waals surface area (Å²) in [5, 5.41) is 0. The summed E-state index contributed by atoms with van der Waals surface area (Å²) >= 11 is 0. The van der Waals surface area contributed by atoms with Gasteiger partial charge in [0.05, 0.1) is 0 Å². The van der Waals surface area contributed by atoms with Gasteiger partial charge in [0.2, 0.25) is 0 Å². The molecule has 0 radical (unpaired) electrons. The van der Waals surface area contributed by atoms with E-state index < -0.39 is 0 Å². The van der Waals surface area contributed by atoms with E-state index in [0.717, 1.165) is 12.8 Å². The van der Waals surface area contributed by atoms with Gasteiger partial charge in [0.1, 0.15) is 6.54 Å². The standard InChI is InChI=1S/C9H12N2O2/c1-2-5-10-6-8(12)11(9(10)13)7-3-4-7/h2,7H,1,3-6H2. The van der Waals surface area contributed by atoms with Crippen molar-refractivity contribution in [1.29, 1.82) is 0 Å². The van der Waals surface area contributed by atoms with Crippen LogP contribution in [0.5, 0.6) is 0 Å². The predicted octanol–water partition coefficient (Wildman–Crippen LogP) is 0.599. The van der Waals surface area contributed by atoms with Crippen LogP contribution < -0.4 is 0 Å². The van der Waals surface area contributed by atoms with Gasteiger partial charge in [-0.3, -0.25) is 9.69 Å². The molecule has 0 aromatic heterocycles. The lowest BCUT2D eigenvalue weighted by Crippen LogP contribution is -2.34. The van der Waals surface area contributed by atoms with Crippen LogP contribution in [0.3, 0.4) is 0 Å². The van der Waals surface area contributed by atoms with Crippen LogP contribution in [0.15, 0.2) is 12.7 Å². The fourth-order valence-electron chi connectivity index (χ4n) is 1.56. The zero-order chi connectivity index (χ0) is 9.42. The van der Waals surface area contributed by atoms with Gasteiger partial charge in [0.25, 0.3) is 5.91 Å². The van der Waals surface area contributed by atoms with Crippen LogP contribution in [0.1, 0.15) is 12.8 Å². The number of carbonyl (C=O) groups is 2. The van der Waals surface area contributed by atoms with Gasteiger partial charge in [-0.05, 0) is 12.8 Å². The summed E-state index contributed by atoms with van der Waals surface area (Å²) in [7, 11) is 0. The van der Waals surface area contributed by atoms with Crippen LogP contribution >= 0.6 is 0 Å². The Balaban J connectivity index is 2.09. The van der Waals surface area contributed by atoms with Gasteiger partial charge in [-0.15, -0.1) is 6.58 Å². The molecule has 0 unspecified atom stereocenters. The van der Waals surface area contributed by atoms with Gasteiger partial charge < -0.3 is 4.90 Å². The van der Waals surface area contributed by atoms with Gasteiger partial charge in [-0.25, -0.2) is 4.79 Å². The van der Waals surface area contributed by atoms with E-state index >= 15 is 0 Å². The number of imide groups is 1. The van der Waals surface area contributed by atoms with Gasteiger partial charge in [-0.2, -0.15) is 0 Å².